The molecule has 1 saturated heterocycles. The average Bonchev–Trinajstić information content (AvgIpc) is 3.28. The van der Waals surface area contributed by atoms with Crippen molar-refractivity contribution < 1.29 is 24.5 Å². The van der Waals surface area contributed by atoms with Crippen LogP contribution in [-0.2, 0) is 6.42 Å². The molecule has 0 spiro atoms. The van der Waals surface area contributed by atoms with Crippen molar-refractivity contribution >= 4 is 24.3 Å². The summed E-state index contributed by atoms with van der Waals surface area (Å²) in [5, 5.41) is 28.6. The Hall–Kier alpha value is -4.80. The van der Waals surface area contributed by atoms with E-state index < -0.39 is 11.8 Å². The number of methoxy groups -OCH3 is 2. The fraction of sp³-hybridized carbons (Fsp3) is 0.375. The number of para-hydroxylation sites is 1. The van der Waals surface area contributed by atoms with Gasteiger partial charge in [-0.25, -0.2) is 9.99 Å². The van der Waals surface area contributed by atoms with Crippen LogP contribution < -0.4 is 14.5 Å². The van der Waals surface area contributed by atoms with Crippen LogP contribution in [0.2, 0.25) is 0 Å². The number of rotatable bonds is 9. The molecule has 0 unspecified atom stereocenters. The fourth-order valence-corrected chi connectivity index (χ4v) is 5.37. The van der Waals surface area contributed by atoms with Crippen LogP contribution in [0.3, 0.4) is 0 Å². The number of hydrazone groups is 1. The number of aromatic nitrogens is 1. The Bertz CT molecular complexity index is 1440. The largest absolute Gasteiger partial charge is 0.506 e. The smallest absolute Gasteiger partial charge is 0.263 e. The number of carbonyl (C=O) groups is 1. The summed E-state index contributed by atoms with van der Waals surface area (Å²) in [6.07, 6.45) is 2.76. The van der Waals surface area contributed by atoms with Crippen molar-refractivity contribution in [2.24, 2.45) is 10.1 Å². The predicted molar refractivity (Wildman–Crippen MR) is 169 cm³/mol. The van der Waals surface area contributed by atoms with Gasteiger partial charge in [-0.15, -0.1) is 0 Å². The summed E-state index contributed by atoms with van der Waals surface area (Å²) >= 11 is 0. The molecule has 11 nitrogen and oxygen atoms in total. The van der Waals surface area contributed by atoms with E-state index in [1.807, 2.05) is 42.2 Å². The van der Waals surface area contributed by atoms with E-state index in [9.17, 15) is 15.0 Å². The molecule has 0 saturated carbocycles. The number of carbonyl (C=O) groups excluding carboxylic acids is 1. The summed E-state index contributed by atoms with van der Waals surface area (Å²) in [4.78, 5) is 26.6. The number of ether oxygens (including phenoxy) is 2. The first-order chi connectivity index (χ1) is 20.9. The van der Waals surface area contributed by atoms with Gasteiger partial charge in [0.25, 0.3) is 5.91 Å². The van der Waals surface area contributed by atoms with Crippen LogP contribution in [0, 0.1) is 0 Å². The summed E-state index contributed by atoms with van der Waals surface area (Å²) in [5.74, 6) is 0.137. The van der Waals surface area contributed by atoms with Gasteiger partial charge in [-0.2, -0.15) is 5.10 Å². The number of nitrogens with zero attached hydrogens (tertiary/aromatic N) is 6. The molecule has 0 radical (unpaired) electrons. The molecule has 2 aromatic carbocycles. The molecule has 3 aromatic rings. The Balaban J connectivity index is 1.69. The summed E-state index contributed by atoms with van der Waals surface area (Å²) < 4.78 is 11.2. The fourth-order valence-electron chi connectivity index (χ4n) is 5.37. The minimum Gasteiger partial charge on any atom is -0.506 e. The number of hydrogen-bond acceptors (Lipinski definition) is 8. The van der Waals surface area contributed by atoms with Crippen molar-refractivity contribution in [2.75, 3.05) is 52.5 Å². The van der Waals surface area contributed by atoms with Gasteiger partial charge in [-0.3, -0.25) is 9.79 Å². The number of benzene rings is 2. The van der Waals surface area contributed by atoms with E-state index in [0.717, 1.165) is 18.5 Å². The number of anilines is 1. The maximum atomic E-state index is 14.0. The lowest BCUT2D eigenvalue weighted by molar-refractivity contribution is 0.0757. The maximum Gasteiger partial charge on any atom is 0.263 e. The summed E-state index contributed by atoms with van der Waals surface area (Å²) in [6, 6.07) is 14.9. The number of guanidine groups is 1. The van der Waals surface area contributed by atoms with Crippen LogP contribution in [0.25, 0.3) is 11.1 Å². The molecule has 0 aliphatic carbocycles. The molecule has 4 rings (SSSR count). The van der Waals surface area contributed by atoms with Crippen LogP contribution in [0.4, 0.5) is 5.69 Å². The molecule has 2 N–H and O–H groups in total. The second-order valence-electron chi connectivity index (χ2n) is 10.1. The zero-order valence-corrected chi connectivity index (χ0v) is 25.3. The van der Waals surface area contributed by atoms with Crippen molar-refractivity contribution in [3.05, 3.63) is 59.8 Å². The Morgan fingerprint density at radius 2 is 1.63 bits per heavy atom. The van der Waals surface area contributed by atoms with E-state index in [0.29, 0.717) is 73.3 Å². The number of aromatic hydroxyl groups is 2. The highest BCUT2D eigenvalue weighted by molar-refractivity contribution is 6.02. The number of amides is 1. The number of unbranched alkanes of at least 4 members (excludes halogenated alkanes) is 1. The van der Waals surface area contributed by atoms with Gasteiger partial charge in [-0.1, -0.05) is 37.6 Å². The Morgan fingerprint density at radius 3 is 2.23 bits per heavy atom. The van der Waals surface area contributed by atoms with Crippen molar-refractivity contribution in [3.63, 3.8) is 0 Å². The van der Waals surface area contributed by atoms with Gasteiger partial charge in [0.15, 0.2) is 0 Å². The van der Waals surface area contributed by atoms with Crippen molar-refractivity contribution in [1.82, 2.24) is 14.8 Å². The zero-order chi connectivity index (χ0) is 30.9. The molecule has 1 aliphatic heterocycles. The Labute approximate surface area is 252 Å². The van der Waals surface area contributed by atoms with Crippen LogP contribution in [-0.4, -0.2) is 91.0 Å². The van der Waals surface area contributed by atoms with Gasteiger partial charge in [0, 0.05) is 39.9 Å². The van der Waals surface area contributed by atoms with Gasteiger partial charge in [-0.05, 0) is 43.5 Å². The third-order valence-electron chi connectivity index (χ3n) is 7.48. The third-order valence-corrected chi connectivity index (χ3v) is 7.48. The second-order valence-corrected chi connectivity index (χ2v) is 10.1. The molecule has 11 heteroatoms. The normalized spacial score (nSPS) is 13.8. The van der Waals surface area contributed by atoms with E-state index in [2.05, 4.69) is 21.8 Å². The molecular formula is C32H40N6O5. The number of pyridine rings is 1. The van der Waals surface area contributed by atoms with Crippen LogP contribution >= 0.6 is 0 Å². The summed E-state index contributed by atoms with van der Waals surface area (Å²) in [5.41, 5.74) is 1.82. The van der Waals surface area contributed by atoms with Crippen LogP contribution in [0.5, 0.6) is 23.1 Å². The average molecular weight is 589 g/mol. The monoisotopic (exact) mass is 588 g/mol. The first-order valence-corrected chi connectivity index (χ1v) is 14.4. The summed E-state index contributed by atoms with van der Waals surface area (Å²) in [6.45, 7) is 7.57. The van der Waals surface area contributed by atoms with E-state index in [1.165, 1.54) is 14.2 Å². The molecule has 1 fully saturated rings. The van der Waals surface area contributed by atoms with Gasteiger partial charge < -0.3 is 29.5 Å². The quantitative estimate of drug-likeness (QED) is 0.208. The Morgan fingerprint density at radius 1 is 0.977 bits per heavy atom. The molecule has 43 heavy (non-hydrogen) atoms. The minimum absolute atomic E-state index is 0.250. The lowest BCUT2D eigenvalue weighted by Gasteiger charge is -2.30. The van der Waals surface area contributed by atoms with E-state index >= 15 is 0 Å². The number of aryl methyl sites for hydroxylation is 1. The molecule has 0 atom stereocenters. The number of aliphatic imine (C=N–C) groups is 1. The number of hydrogen-bond donors (Lipinski definition) is 2. The molecule has 1 aromatic heterocycles. The van der Waals surface area contributed by atoms with Gasteiger partial charge in [0.1, 0.15) is 22.8 Å². The minimum atomic E-state index is -0.516. The SMILES string of the molecule is C=NN(/C(=N\C)N1CCCN(C(=O)c2c(O)nc(CCCC)c(-c3c(OC)cccc3OC)c2O)CC1)c1ccccc1. The van der Waals surface area contributed by atoms with Crippen molar-refractivity contribution in [2.45, 2.75) is 32.6 Å². The topological polar surface area (TPSA) is 123 Å². The van der Waals surface area contributed by atoms with E-state index in [-0.39, 0.29) is 11.3 Å². The molecule has 1 amide bonds. The first-order valence-electron chi connectivity index (χ1n) is 14.4. The molecular weight excluding hydrogens is 548 g/mol. The van der Waals surface area contributed by atoms with Crippen LogP contribution in [0.1, 0.15) is 42.2 Å². The molecule has 2 heterocycles. The standard InChI is InChI=1S/C32H40N6O5/c1-6-7-15-23-26(27-24(42-4)16-11-17-25(27)43-5)29(39)28(30(40)35-23)31(41)36-18-12-19-37(21-20-36)32(33-2)38(34-3)22-13-9-8-10-14-22/h8-11,13-14,16-17H,3,6-7,12,15,18-21H2,1-2,4-5H3,(H2,35,39,40)/b33-32-. The van der Waals surface area contributed by atoms with E-state index in [1.54, 1.807) is 35.2 Å². The zero-order valence-electron chi connectivity index (χ0n) is 25.3. The molecule has 0 bridgehead atoms. The Kier molecular flexibility index (Phi) is 10.4. The van der Waals surface area contributed by atoms with Crippen molar-refractivity contribution in [1.29, 1.82) is 0 Å². The molecule has 1 aliphatic rings. The highest BCUT2D eigenvalue weighted by Crippen LogP contribution is 2.47. The first kappa shape index (κ1) is 31.1. The van der Waals surface area contributed by atoms with E-state index in [4.69, 9.17) is 9.47 Å². The molecule has 228 valence electrons. The highest BCUT2D eigenvalue weighted by atomic mass is 16.5. The highest BCUT2D eigenvalue weighted by Gasteiger charge is 2.32. The lowest BCUT2D eigenvalue weighted by atomic mass is 9.95. The second kappa shape index (κ2) is 14.4. The van der Waals surface area contributed by atoms with Gasteiger partial charge >= 0.3 is 0 Å². The van der Waals surface area contributed by atoms with Gasteiger partial charge in [0.2, 0.25) is 11.8 Å². The van der Waals surface area contributed by atoms with Gasteiger partial charge in [0.05, 0.1) is 36.7 Å². The summed E-state index contributed by atoms with van der Waals surface area (Å²) in [7, 11) is 4.75. The van der Waals surface area contributed by atoms with Crippen LogP contribution in [0.15, 0.2) is 58.6 Å². The maximum absolute atomic E-state index is 14.0. The third kappa shape index (κ3) is 6.50. The predicted octanol–water partition coefficient (Wildman–Crippen LogP) is 4.78. The lowest BCUT2D eigenvalue weighted by Crippen LogP contribution is -2.44. The van der Waals surface area contributed by atoms with Crippen molar-refractivity contribution in [3.8, 4) is 34.3 Å².